The first-order valence-corrected chi connectivity index (χ1v) is 11.0. The topological polar surface area (TPSA) is 79.3 Å². The lowest BCUT2D eigenvalue weighted by Gasteiger charge is -2.30. The number of H-pyrrole nitrogens is 1. The van der Waals surface area contributed by atoms with Crippen molar-refractivity contribution >= 4 is 11.1 Å². The predicted octanol–water partition coefficient (Wildman–Crippen LogP) is 4.08. The smallest absolute Gasteiger partial charge is 0.408 e. The third-order valence-electron chi connectivity index (χ3n) is 6.63. The number of rotatable bonds is 5. The Morgan fingerprint density at radius 3 is 2.60 bits per heavy atom. The molecule has 5 rings (SSSR count). The van der Waals surface area contributed by atoms with Gasteiger partial charge in [0, 0.05) is 12.6 Å². The summed E-state index contributed by atoms with van der Waals surface area (Å²) < 4.78 is 5.18. The molecule has 1 aliphatic heterocycles. The van der Waals surface area contributed by atoms with Gasteiger partial charge in [-0.3, -0.25) is 9.82 Å². The van der Waals surface area contributed by atoms with Crippen LogP contribution in [-0.2, 0) is 4.84 Å². The molecule has 0 radical (unpaired) electrons. The van der Waals surface area contributed by atoms with Crippen molar-refractivity contribution in [1.82, 2.24) is 15.8 Å². The number of benzene rings is 2. The summed E-state index contributed by atoms with van der Waals surface area (Å²) in [7, 11) is 0. The van der Waals surface area contributed by atoms with Crippen LogP contribution < -0.4 is 16.6 Å². The third-order valence-corrected chi connectivity index (χ3v) is 6.63. The number of aromatic nitrogens is 1. The number of hydrogen-bond donors (Lipinski definition) is 3. The largest absolute Gasteiger partial charge is 0.417 e. The number of nitrogens with one attached hydrogen (secondary N) is 3. The molecule has 0 bridgehead atoms. The molecule has 0 spiro atoms. The monoisotopic (exact) mass is 407 g/mol. The lowest BCUT2D eigenvalue weighted by atomic mass is 9.81. The first kappa shape index (κ1) is 19.5. The summed E-state index contributed by atoms with van der Waals surface area (Å²) in [5.74, 6) is 0.276. The molecule has 158 valence electrons. The van der Waals surface area contributed by atoms with E-state index >= 15 is 0 Å². The molecule has 1 saturated carbocycles. The Labute approximate surface area is 176 Å². The fourth-order valence-electron chi connectivity index (χ4n) is 4.81. The quantitative estimate of drug-likeness (QED) is 0.594. The van der Waals surface area contributed by atoms with E-state index in [0.29, 0.717) is 17.5 Å². The van der Waals surface area contributed by atoms with Crippen molar-refractivity contribution in [3.8, 4) is 0 Å². The fraction of sp³-hybridized carbons (Fsp3) is 0.458. The minimum Gasteiger partial charge on any atom is -0.408 e. The highest BCUT2D eigenvalue weighted by Gasteiger charge is 2.28. The summed E-state index contributed by atoms with van der Waals surface area (Å²) in [6.45, 7) is 3.00. The molecular formula is C24H29N3O3. The molecule has 2 fully saturated rings. The maximum absolute atomic E-state index is 11.4. The molecule has 2 aliphatic rings. The Bertz CT molecular complexity index is 1050. The maximum Gasteiger partial charge on any atom is 0.417 e. The highest BCUT2D eigenvalue weighted by atomic mass is 16.7. The van der Waals surface area contributed by atoms with Crippen molar-refractivity contribution in [1.29, 1.82) is 0 Å². The van der Waals surface area contributed by atoms with Crippen LogP contribution in [0.4, 0.5) is 0 Å². The van der Waals surface area contributed by atoms with Gasteiger partial charge in [-0.25, -0.2) is 4.79 Å². The van der Waals surface area contributed by atoms with Crippen LogP contribution in [0.2, 0.25) is 0 Å². The minimum absolute atomic E-state index is 0.110. The second-order valence-corrected chi connectivity index (χ2v) is 8.78. The molecule has 3 aromatic rings. The molecular weight excluding hydrogens is 378 g/mol. The lowest BCUT2D eigenvalue weighted by Crippen LogP contribution is -2.38. The molecule has 1 saturated heterocycles. The third kappa shape index (κ3) is 4.21. The summed E-state index contributed by atoms with van der Waals surface area (Å²) in [4.78, 5) is 19.8. The number of hydrogen-bond acceptors (Lipinski definition) is 5. The highest BCUT2D eigenvalue weighted by molar-refractivity contribution is 5.72. The van der Waals surface area contributed by atoms with Crippen molar-refractivity contribution in [2.24, 2.45) is 0 Å². The zero-order chi connectivity index (χ0) is 20.5. The Morgan fingerprint density at radius 1 is 1.03 bits per heavy atom. The summed E-state index contributed by atoms with van der Waals surface area (Å²) in [5, 5.41) is 3.72. The second kappa shape index (κ2) is 8.38. The average Bonchev–Trinajstić information content (AvgIpc) is 3.38. The van der Waals surface area contributed by atoms with Crippen LogP contribution in [0.25, 0.3) is 11.1 Å². The van der Waals surface area contributed by atoms with E-state index in [0.717, 1.165) is 24.0 Å². The first-order chi connectivity index (χ1) is 14.6. The summed E-state index contributed by atoms with van der Waals surface area (Å²) in [6, 6.07) is 15.5. The van der Waals surface area contributed by atoms with E-state index < -0.39 is 5.76 Å². The van der Waals surface area contributed by atoms with E-state index in [1.54, 1.807) is 0 Å². The van der Waals surface area contributed by atoms with E-state index in [4.69, 9.17) is 9.25 Å². The molecule has 0 amide bonds. The number of oxazole rings is 1. The molecule has 6 heteroatoms. The van der Waals surface area contributed by atoms with Crippen molar-refractivity contribution in [2.45, 2.75) is 63.1 Å². The fourth-order valence-corrected chi connectivity index (χ4v) is 4.81. The van der Waals surface area contributed by atoms with Gasteiger partial charge in [-0.2, -0.15) is 5.48 Å². The number of aryl methyl sites for hydroxylation is 1. The van der Waals surface area contributed by atoms with Gasteiger partial charge in [0.25, 0.3) is 0 Å². The SMILES string of the molecule is Cc1ccc(C2CCC(NCC3CC(c4ccc5[nH]c(=O)oc5c4)NO3)CC2)cc1. The van der Waals surface area contributed by atoms with Gasteiger partial charge < -0.3 is 9.73 Å². The van der Waals surface area contributed by atoms with Gasteiger partial charge in [-0.05, 0) is 68.2 Å². The van der Waals surface area contributed by atoms with Crippen molar-refractivity contribution in [3.63, 3.8) is 0 Å². The second-order valence-electron chi connectivity index (χ2n) is 8.78. The van der Waals surface area contributed by atoms with Crippen LogP contribution in [0.3, 0.4) is 0 Å². The zero-order valence-electron chi connectivity index (χ0n) is 17.3. The van der Waals surface area contributed by atoms with Gasteiger partial charge in [0.2, 0.25) is 0 Å². The minimum atomic E-state index is -0.419. The van der Waals surface area contributed by atoms with E-state index in [-0.39, 0.29) is 12.1 Å². The van der Waals surface area contributed by atoms with E-state index in [1.807, 2.05) is 18.2 Å². The van der Waals surface area contributed by atoms with Crippen LogP contribution >= 0.6 is 0 Å². The number of fused-ring (bicyclic) bond motifs is 1. The molecule has 1 aliphatic carbocycles. The predicted molar refractivity (Wildman–Crippen MR) is 116 cm³/mol. The molecule has 2 aromatic carbocycles. The van der Waals surface area contributed by atoms with Gasteiger partial charge in [-0.1, -0.05) is 35.9 Å². The molecule has 2 atom stereocenters. The molecule has 1 aromatic heterocycles. The Balaban J connectivity index is 1.10. The average molecular weight is 408 g/mol. The van der Waals surface area contributed by atoms with Crippen LogP contribution in [0, 0.1) is 6.92 Å². The van der Waals surface area contributed by atoms with Crippen LogP contribution in [0.5, 0.6) is 0 Å². The van der Waals surface area contributed by atoms with Crippen molar-refractivity contribution in [2.75, 3.05) is 6.54 Å². The first-order valence-electron chi connectivity index (χ1n) is 11.0. The Morgan fingerprint density at radius 2 is 1.80 bits per heavy atom. The van der Waals surface area contributed by atoms with Crippen molar-refractivity contribution in [3.05, 3.63) is 69.7 Å². The van der Waals surface area contributed by atoms with Gasteiger partial charge in [0.1, 0.15) is 0 Å². The van der Waals surface area contributed by atoms with Crippen LogP contribution in [0.1, 0.15) is 60.8 Å². The van der Waals surface area contributed by atoms with Crippen molar-refractivity contribution < 1.29 is 9.25 Å². The van der Waals surface area contributed by atoms with Gasteiger partial charge in [0.15, 0.2) is 5.58 Å². The van der Waals surface area contributed by atoms with E-state index in [9.17, 15) is 4.79 Å². The molecule has 6 nitrogen and oxygen atoms in total. The maximum atomic E-state index is 11.4. The summed E-state index contributed by atoms with van der Waals surface area (Å²) in [5.41, 5.74) is 8.35. The molecule has 2 heterocycles. The lowest BCUT2D eigenvalue weighted by molar-refractivity contribution is 0.0248. The number of hydroxylamine groups is 1. The summed E-state index contributed by atoms with van der Waals surface area (Å²) in [6.07, 6.45) is 5.95. The van der Waals surface area contributed by atoms with E-state index in [2.05, 4.69) is 47.0 Å². The number of aromatic amines is 1. The molecule has 2 unspecified atom stereocenters. The van der Waals surface area contributed by atoms with Crippen LogP contribution in [-0.4, -0.2) is 23.7 Å². The van der Waals surface area contributed by atoms with Crippen LogP contribution in [0.15, 0.2) is 51.7 Å². The molecule has 3 N–H and O–H groups in total. The highest BCUT2D eigenvalue weighted by Crippen LogP contribution is 2.33. The zero-order valence-corrected chi connectivity index (χ0v) is 17.3. The Kier molecular flexibility index (Phi) is 5.46. The van der Waals surface area contributed by atoms with Gasteiger partial charge in [-0.15, -0.1) is 0 Å². The molecule has 30 heavy (non-hydrogen) atoms. The standard InChI is InChI=1S/C24H29N3O3/c1-15-2-4-16(5-3-15)17-6-9-19(10-7-17)25-14-20-13-22(27-30-20)18-8-11-21-23(12-18)29-24(28)26-21/h2-5,8,11-12,17,19-20,22,25,27H,6-7,9-10,13-14H2,1H3,(H,26,28). The van der Waals surface area contributed by atoms with E-state index in [1.165, 1.54) is 36.8 Å². The van der Waals surface area contributed by atoms with Gasteiger partial charge in [0.05, 0.1) is 17.7 Å². The normalized spacial score (nSPS) is 27.0. The Hall–Kier alpha value is -2.41. The summed E-state index contributed by atoms with van der Waals surface area (Å²) >= 11 is 0. The van der Waals surface area contributed by atoms with Gasteiger partial charge >= 0.3 is 5.76 Å².